The summed E-state index contributed by atoms with van der Waals surface area (Å²) in [5.41, 5.74) is 5.29. The van der Waals surface area contributed by atoms with Crippen molar-refractivity contribution in [3.8, 4) is 0 Å². The minimum Gasteiger partial charge on any atom is -0.458 e. The maximum absolute atomic E-state index is 13.0. The van der Waals surface area contributed by atoms with Crippen molar-refractivity contribution in [3.63, 3.8) is 0 Å². The van der Waals surface area contributed by atoms with E-state index in [-0.39, 0.29) is 18.4 Å². The molecule has 0 spiro atoms. The molecular weight excluding hydrogens is 480 g/mol. The topological polar surface area (TPSA) is 166 Å². The van der Waals surface area contributed by atoms with Crippen LogP contribution in [0.15, 0.2) is 30.3 Å². The fraction of sp³-hybridized carbons (Fsp3) is 0.577. The zero-order valence-electron chi connectivity index (χ0n) is 22.6. The predicted molar refractivity (Wildman–Crippen MR) is 137 cm³/mol. The summed E-state index contributed by atoms with van der Waals surface area (Å²) >= 11 is 0. The molecule has 5 N–H and O–H groups in total. The van der Waals surface area contributed by atoms with Gasteiger partial charge in [0.1, 0.15) is 30.3 Å². The van der Waals surface area contributed by atoms with Crippen molar-refractivity contribution in [2.75, 3.05) is 0 Å². The maximum atomic E-state index is 13.0. The molecule has 3 atom stereocenters. The molecule has 0 aliphatic carbocycles. The van der Waals surface area contributed by atoms with E-state index in [1.807, 2.05) is 6.07 Å². The van der Waals surface area contributed by atoms with E-state index in [9.17, 15) is 24.0 Å². The Morgan fingerprint density at radius 3 is 1.89 bits per heavy atom. The summed E-state index contributed by atoms with van der Waals surface area (Å²) in [7, 11) is 0. The number of nitrogens with two attached hydrogens (primary N) is 1. The van der Waals surface area contributed by atoms with E-state index in [0.717, 1.165) is 5.56 Å². The third-order valence-electron chi connectivity index (χ3n) is 5.10. The van der Waals surface area contributed by atoms with Gasteiger partial charge in [0.25, 0.3) is 0 Å². The lowest BCUT2D eigenvalue weighted by Crippen LogP contribution is -2.58. The third kappa shape index (κ3) is 11.8. The number of alkyl carbamates (subject to hydrolysis) is 1. The van der Waals surface area contributed by atoms with Gasteiger partial charge in [-0.1, -0.05) is 58.0 Å². The highest BCUT2D eigenvalue weighted by molar-refractivity contribution is 5.95. The average Bonchev–Trinajstić information content (AvgIpc) is 2.77. The van der Waals surface area contributed by atoms with Gasteiger partial charge in [0.05, 0.1) is 6.42 Å². The van der Waals surface area contributed by atoms with Crippen LogP contribution in [0.1, 0.15) is 60.5 Å². The molecule has 0 saturated carbocycles. The van der Waals surface area contributed by atoms with Crippen molar-refractivity contribution in [1.29, 1.82) is 0 Å². The Kier molecular flexibility index (Phi) is 12.0. The molecule has 1 rings (SSSR count). The van der Waals surface area contributed by atoms with Crippen molar-refractivity contribution >= 4 is 29.8 Å². The van der Waals surface area contributed by atoms with Crippen molar-refractivity contribution in [2.24, 2.45) is 17.6 Å². The normalized spacial score (nSPS) is 13.8. The minimum atomic E-state index is -1.38. The summed E-state index contributed by atoms with van der Waals surface area (Å²) in [6, 6.07) is 5.54. The van der Waals surface area contributed by atoms with E-state index >= 15 is 0 Å². The van der Waals surface area contributed by atoms with Gasteiger partial charge in [0.2, 0.25) is 17.7 Å². The third-order valence-corrected chi connectivity index (χ3v) is 5.10. The largest absolute Gasteiger partial charge is 0.458 e. The molecule has 37 heavy (non-hydrogen) atoms. The molecule has 0 aromatic heterocycles. The van der Waals surface area contributed by atoms with Crippen LogP contribution in [0.2, 0.25) is 0 Å². The molecule has 1 aromatic carbocycles. The van der Waals surface area contributed by atoms with Crippen molar-refractivity contribution in [2.45, 2.75) is 85.2 Å². The van der Waals surface area contributed by atoms with Crippen molar-refractivity contribution in [3.05, 3.63) is 35.9 Å². The Morgan fingerprint density at radius 2 is 1.41 bits per heavy atom. The number of ether oxygens (including phenoxy) is 2. The van der Waals surface area contributed by atoms with Gasteiger partial charge in [-0.15, -0.1) is 0 Å². The van der Waals surface area contributed by atoms with E-state index in [0.29, 0.717) is 0 Å². The molecule has 1 aromatic rings. The van der Waals surface area contributed by atoms with Gasteiger partial charge < -0.3 is 31.2 Å². The quantitative estimate of drug-likeness (QED) is 0.305. The predicted octanol–water partition coefficient (Wildman–Crippen LogP) is 1.78. The lowest BCUT2D eigenvalue weighted by molar-refractivity contribution is -0.160. The summed E-state index contributed by atoms with van der Waals surface area (Å²) in [6.45, 7) is 11.9. The van der Waals surface area contributed by atoms with Gasteiger partial charge in [-0.05, 0) is 38.2 Å². The summed E-state index contributed by atoms with van der Waals surface area (Å²) < 4.78 is 10.6. The van der Waals surface area contributed by atoms with E-state index in [1.165, 1.54) is 0 Å². The Hall–Kier alpha value is -3.63. The summed E-state index contributed by atoms with van der Waals surface area (Å²) in [5.74, 6) is -3.71. The molecule has 0 aliphatic heterocycles. The fourth-order valence-corrected chi connectivity index (χ4v) is 3.22. The molecule has 0 radical (unpaired) electrons. The summed E-state index contributed by atoms with van der Waals surface area (Å²) in [4.78, 5) is 62.6. The SMILES string of the molecule is CC(C)[C@H](NC(=O)OCc1ccccc1)C(=O)N[C@@H](CC(N)=O)C(=O)N[C@H](C(=O)OC(C)(C)C)C(C)C. The van der Waals surface area contributed by atoms with Crippen LogP contribution in [0.5, 0.6) is 0 Å². The Labute approximate surface area is 218 Å². The number of nitrogens with one attached hydrogen (secondary N) is 3. The van der Waals surface area contributed by atoms with E-state index in [4.69, 9.17) is 15.2 Å². The number of esters is 1. The Balaban J connectivity index is 2.93. The number of benzene rings is 1. The lowest BCUT2D eigenvalue weighted by Gasteiger charge is -2.29. The highest BCUT2D eigenvalue weighted by Crippen LogP contribution is 2.13. The summed E-state index contributed by atoms with van der Waals surface area (Å²) in [6.07, 6.45) is -1.33. The van der Waals surface area contributed by atoms with Crippen LogP contribution in [0.25, 0.3) is 0 Å². The number of hydrogen-bond acceptors (Lipinski definition) is 7. The molecule has 206 valence electrons. The second kappa shape index (κ2) is 14.2. The molecule has 0 bridgehead atoms. The van der Waals surface area contributed by atoms with Crippen LogP contribution >= 0.6 is 0 Å². The first-order valence-electron chi connectivity index (χ1n) is 12.2. The number of primary amides is 1. The molecule has 0 saturated heterocycles. The number of carbonyl (C=O) groups is 5. The van der Waals surface area contributed by atoms with Crippen molar-refractivity contribution in [1.82, 2.24) is 16.0 Å². The van der Waals surface area contributed by atoms with Gasteiger partial charge >= 0.3 is 12.1 Å². The second-order valence-corrected chi connectivity index (χ2v) is 10.4. The Morgan fingerprint density at radius 1 is 0.838 bits per heavy atom. The first kappa shape index (κ1) is 31.4. The van der Waals surface area contributed by atoms with E-state index in [2.05, 4.69) is 16.0 Å². The average molecular weight is 521 g/mol. The first-order valence-corrected chi connectivity index (χ1v) is 12.2. The maximum Gasteiger partial charge on any atom is 0.408 e. The van der Waals surface area contributed by atoms with Crippen LogP contribution in [0, 0.1) is 11.8 Å². The van der Waals surface area contributed by atoms with Crippen LogP contribution < -0.4 is 21.7 Å². The highest BCUT2D eigenvalue weighted by Gasteiger charge is 2.34. The van der Waals surface area contributed by atoms with Crippen LogP contribution in [0.4, 0.5) is 4.79 Å². The smallest absolute Gasteiger partial charge is 0.408 e. The molecule has 0 heterocycles. The molecule has 11 nitrogen and oxygen atoms in total. The molecule has 0 fully saturated rings. The second-order valence-electron chi connectivity index (χ2n) is 10.4. The molecule has 4 amide bonds. The van der Waals surface area contributed by atoms with E-state index in [1.54, 1.807) is 72.7 Å². The number of amides is 4. The zero-order valence-corrected chi connectivity index (χ0v) is 22.6. The summed E-state index contributed by atoms with van der Waals surface area (Å²) in [5, 5.41) is 7.51. The molecule has 11 heteroatoms. The zero-order chi connectivity index (χ0) is 28.3. The number of rotatable bonds is 12. The van der Waals surface area contributed by atoms with Gasteiger partial charge in [-0.25, -0.2) is 9.59 Å². The minimum absolute atomic E-state index is 0.00701. The van der Waals surface area contributed by atoms with Crippen LogP contribution in [-0.4, -0.2) is 53.5 Å². The van der Waals surface area contributed by atoms with Crippen molar-refractivity contribution < 1.29 is 33.4 Å². The van der Waals surface area contributed by atoms with Gasteiger partial charge in [0, 0.05) is 0 Å². The molecule has 0 aliphatic rings. The lowest BCUT2D eigenvalue weighted by atomic mass is 10.0. The standard InChI is InChI=1S/C26H40N4O7/c1-15(2)20(30-25(35)36-14-17-11-9-8-10-12-17)23(33)28-18(13-19(27)31)22(32)29-21(16(3)4)24(34)37-26(5,6)7/h8-12,15-16,18,20-21H,13-14H2,1-7H3,(H2,27,31)(H,28,33)(H,29,32)(H,30,35)/t18-,20-,21-/m0/s1. The molecular formula is C26H40N4O7. The fourth-order valence-electron chi connectivity index (χ4n) is 3.22. The van der Waals surface area contributed by atoms with Gasteiger partial charge in [0.15, 0.2) is 0 Å². The number of hydrogen-bond donors (Lipinski definition) is 4. The molecule has 0 unspecified atom stereocenters. The van der Waals surface area contributed by atoms with Gasteiger partial charge in [-0.2, -0.15) is 0 Å². The highest BCUT2D eigenvalue weighted by atomic mass is 16.6. The first-order chi connectivity index (χ1) is 17.1. The van der Waals surface area contributed by atoms with E-state index < -0.39 is 59.9 Å². The van der Waals surface area contributed by atoms with Crippen LogP contribution in [-0.2, 0) is 35.3 Å². The number of carbonyl (C=O) groups excluding carboxylic acids is 5. The van der Waals surface area contributed by atoms with Gasteiger partial charge in [-0.3, -0.25) is 14.4 Å². The van der Waals surface area contributed by atoms with Crippen LogP contribution in [0.3, 0.4) is 0 Å². The Bertz CT molecular complexity index is 942. The monoisotopic (exact) mass is 520 g/mol.